The first-order chi connectivity index (χ1) is 17.5. The van der Waals surface area contributed by atoms with E-state index in [9.17, 15) is 22.7 Å². The molecule has 4 aromatic rings. The molecule has 1 saturated heterocycles. The van der Waals surface area contributed by atoms with Gasteiger partial charge in [0.15, 0.2) is 11.7 Å². The van der Waals surface area contributed by atoms with E-state index >= 15 is 0 Å². The molecule has 0 spiro atoms. The minimum atomic E-state index is -2.61. The summed E-state index contributed by atoms with van der Waals surface area (Å²) in [7, 11) is -2.61. The lowest BCUT2D eigenvalue weighted by atomic mass is 10.0. The smallest absolute Gasteiger partial charge is 0.255 e. The van der Waals surface area contributed by atoms with Gasteiger partial charge in [0.2, 0.25) is 0 Å². The summed E-state index contributed by atoms with van der Waals surface area (Å²) >= 11 is 6.18. The Bertz CT molecular complexity index is 1530. The quantitative estimate of drug-likeness (QED) is 0.279. The third-order valence-electron chi connectivity index (χ3n) is 6.64. The second-order valence-electron chi connectivity index (χ2n) is 9.35. The zero-order valence-electron chi connectivity index (χ0n) is 20.2. The van der Waals surface area contributed by atoms with Gasteiger partial charge in [-0.1, -0.05) is 11.6 Å². The molecular formula is C27H25ClF2N2O4S. The van der Waals surface area contributed by atoms with E-state index in [1.807, 2.05) is 13.8 Å². The Morgan fingerprint density at radius 3 is 2.38 bits per heavy atom. The number of pyridine rings is 1. The van der Waals surface area contributed by atoms with E-state index in [-0.39, 0.29) is 34.3 Å². The summed E-state index contributed by atoms with van der Waals surface area (Å²) in [6.45, 7) is 3.71. The molecule has 1 aliphatic rings. The molecule has 3 heterocycles. The van der Waals surface area contributed by atoms with E-state index < -0.39 is 22.2 Å². The molecule has 0 unspecified atom stereocenters. The predicted molar refractivity (Wildman–Crippen MR) is 142 cm³/mol. The van der Waals surface area contributed by atoms with Crippen molar-refractivity contribution in [2.75, 3.05) is 11.5 Å². The van der Waals surface area contributed by atoms with E-state index in [4.69, 9.17) is 21.0 Å². The highest BCUT2D eigenvalue weighted by molar-refractivity contribution is 8.24. The van der Waals surface area contributed by atoms with Gasteiger partial charge in [-0.25, -0.2) is 13.8 Å². The standard InChI is InChI=1S/C27H25ClF2N2O4S/c1-15-11-19(28)12-16(2)25(15)32-14-18(3-6-23(32)33)24-26(21-5-4-20(29)13-22(21)30)36-27(31-24)17-7-9-37(34,35)10-8-17/h3-6,11-14,17,34-35H,7-10H2,1-2H3. The third-order valence-corrected chi connectivity index (χ3v) is 8.63. The van der Waals surface area contributed by atoms with Crippen LogP contribution in [0.1, 0.15) is 35.8 Å². The topological polar surface area (TPSA) is 88.5 Å². The van der Waals surface area contributed by atoms with Gasteiger partial charge in [-0.2, -0.15) is 10.6 Å². The van der Waals surface area contributed by atoms with Gasteiger partial charge in [-0.05, 0) is 68.1 Å². The van der Waals surface area contributed by atoms with E-state index in [1.165, 1.54) is 16.7 Å². The number of aromatic nitrogens is 2. The molecule has 37 heavy (non-hydrogen) atoms. The van der Waals surface area contributed by atoms with Gasteiger partial charge < -0.3 is 4.42 Å². The highest BCUT2D eigenvalue weighted by Gasteiger charge is 2.30. The molecule has 0 amide bonds. The Balaban J connectivity index is 1.67. The maximum atomic E-state index is 14.9. The number of halogens is 3. The van der Waals surface area contributed by atoms with Crippen LogP contribution in [-0.4, -0.2) is 30.2 Å². The Labute approximate surface area is 218 Å². The zero-order chi connectivity index (χ0) is 26.5. The van der Waals surface area contributed by atoms with Crippen molar-refractivity contribution in [1.82, 2.24) is 9.55 Å². The normalized spacial score (nSPS) is 16.6. The monoisotopic (exact) mass is 546 g/mol. The number of benzene rings is 2. The number of hydrogen-bond donors (Lipinski definition) is 2. The van der Waals surface area contributed by atoms with E-state index in [2.05, 4.69) is 0 Å². The van der Waals surface area contributed by atoms with Gasteiger partial charge in [0.05, 0.1) is 11.3 Å². The van der Waals surface area contributed by atoms with Crippen molar-refractivity contribution in [3.63, 3.8) is 0 Å². The first-order valence-electron chi connectivity index (χ1n) is 11.7. The lowest BCUT2D eigenvalue weighted by Gasteiger charge is -2.38. The van der Waals surface area contributed by atoms with Gasteiger partial charge in [0.25, 0.3) is 5.56 Å². The molecule has 2 aromatic carbocycles. The van der Waals surface area contributed by atoms with Gasteiger partial charge in [-0.3, -0.25) is 18.5 Å². The van der Waals surface area contributed by atoms with Crippen molar-refractivity contribution in [3.05, 3.63) is 92.7 Å². The van der Waals surface area contributed by atoms with Crippen LogP contribution >= 0.6 is 22.2 Å². The highest BCUT2D eigenvalue weighted by atomic mass is 35.5. The summed E-state index contributed by atoms with van der Waals surface area (Å²) in [5, 5.41) is 0.558. The molecule has 6 nitrogen and oxygen atoms in total. The Kier molecular flexibility index (Phi) is 6.74. The first-order valence-corrected chi connectivity index (χ1v) is 14.0. The lowest BCUT2D eigenvalue weighted by molar-refractivity contribution is 0.408. The Morgan fingerprint density at radius 1 is 1.05 bits per heavy atom. The lowest BCUT2D eigenvalue weighted by Crippen LogP contribution is -2.19. The van der Waals surface area contributed by atoms with E-state index in [0.717, 1.165) is 23.3 Å². The summed E-state index contributed by atoms with van der Waals surface area (Å²) in [6.07, 6.45) is 2.53. The number of oxazole rings is 1. The van der Waals surface area contributed by atoms with Crippen LogP contribution in [0.15, 0.2) is 57.9 Å². The van der Waals surface area contributed by atoms with Crippen LogP contribution < -0.4 is 5.56 Å². The van der Waals surface area contributed by atoms with E-state index in [1.54, 1.807) is 24.4 Å². The first kappa shape index (κ1) is 25.7. The molecule has 194 valence electrons. The molecule has 0 bridgehead atoms. The van der Waals surface area contributed by atoms with Crippen LogP contribution in [0.2, 0.25) is 5.02 Å². The minimum absolute atomic E-state index is 0.0341. The molecule has 0 aliphatic carbocycles. The highest BCUT2D eigenvalue weighted by Crippen LogP contribution is 2.49. The molecule has 5 rings (SSSR count). The van der Waals surface area contributed by atoms with Crippen molar-refractivity contribution < 1.29 is 22.3 Å². The second-order valence-corrected chi connectivity index (χ2v) is 12.2. The van der Waals surface area contributed by atoms with Crippen molar-refractivity contribution in [1.29, 1.82) is 0 Å². The zero-order valence-corrected chi connectivity index (χ0v) is 21.7. The van der Waals surface area contributed by atoms with Crippen molar-refractivity contribution in [2.45, 2.75) is 32.6 Å². The number of aryl methyl sites for hydroxylation is 2. The maximum absolute atomic E-state index is 14.9. The fraction of sp³-hybridized carbons (Fsp3) is 0.259. The van der Waals surface area contributed by atoms with Crippen LogP contribution in [0.25, 0.3) is 28.3 Å². The second kappa shape index (κ2) is 9.72. The van der Waals surface area contributed by atoms with Gasteiger partial charge >= 0.3 is 0 Å². The number of hydrogen-bond acceptors (Lipinski definition) is 5. The molecule has 2 aromatic heterocycles. The van der Waals surface area contributed by atoms with Gasteiger partial charge in [0.1, 0.15) is 17.3 Å². The minimum Gasteiger partial charge on any atom is -0.440 e. The van der Waals surface area contributed by atoms with Crippen molar-refractivity contribution >= 4 is 22.2 Å². The molecule has 0 atom stereocenters. The average molecular weight is 547 g/mol. The number of rotatable bonds is 4. The third kappa shape index (κ3) is 5.09. The van der Waals surface area contributed by atoms with Crippen LogP contribution in [0, 0.1) is 25.5 Å². The van der Waals surface area contributed by atoms with Crippen molar-refractivity contribution in [3.8, 4) is 28.3 Å². The molecule has 0 radical (unpaired) electrons. The number of nitrogens with zero attached hydrogens (tertiary/aromatic N) is 2. The fourth-order valence-electron chi connectivity index (χ4n) is 4.80. The summed E-state index contributed by atoms with van der Waals surface area (Å²) in [6, 6.07) is 9.73. The van der Waals surface area contributed by atoms with Gasteiger partial charge in [0, 0.05) is 46.3 Å². The fourth-order valence-corrected chi connectivity index (χ4v) is 6.66. The van der Waals surface area contributed by atoms with E-state index in [0.29, 0.717) is 40.7 Å². The molecule has 10 heteroatoms. The molecular weight excluding hydrogens is 522 g/mol. The molecule has 1 fully saturated rings. The van der Waals surface area contributed by atoms with Crippen molar-refractivity contribution in [2.24, 2.45) is 0 Å². The summed E-state index contributed by atoms with van der Waals surface area (Å²) < 4.78 is 56.1. The Hall–Kier alpha value is -2.98. The maximum Gasteiger partial charge on any atom is 0.255 e. The van der Waals surface area contributed by atoms with Crippen LogP contribution in [-0.2, 0) is 0 Å². The largest absolute Gasteiger partial charge is 0.440 e. The average Bonchev–Trinajstić information content (AvgIpc) is 3.24. The van der Waals surface area contributed by atoms with Gasteiger partial charge in [-0.15, -0.1) is 0 Å². The SMILES string of the molecule is Cc1cc(Cl)cc(C)c1-n1cc(-c2nc(C3CCS(O)(O)CC3)oc2-c2ccc(F)cc2F)ccc1=O. The van der Waals surface area contributed by atoms with Crippen LogP contribution in [0.5, 0.6) is 0 Å². The molecule has 1 aliphatic heterocycles. The summed E-state index contributed by atoms with van der Waals surface area (Å²) in [5.74, 6) is -0.811. The molecule has 2 N–H and O–H groups in total. The van der Waals surface area contributed by atoms with Crippen LogP contribution in [0.3, 0.4) is 0 Å². The predicted octanol–water partition coefficient (Wildman–Crippen LogP) is 7.34. The molecule has 0 saturated carbocycles. The Morgan fingerprint density at radius 2 is 1.73 bits per heavy atom. The van der Waals surface area contributed by atoms with Crippen LogP contribution in [0.4, 0.5) is 8.78 Å². The summed E-state index contributed by atoms with van der Waals surface area (Å²) in [4.78, 5) is 17.6. The summed E-state index contributed by atoms with van der Waals surface area (Å²) in [5.41, 5.74) is 2.84.